The molecule has 0 bridgehead atoms. The Labute approximate surface area is 164 Å². The number of nitrogens with zero attached hydrogens (tertiary/aromatic N) is 1. The second-order valence-electron chi connectivity index (χ2n) is 7.02. The zero-order chi connectivity index (χ0) is 18.8. The second-order valence-corrected chi connectivity index (χ2v) is 8.15. The molecular formula is C22H15N3O2S. The third-order valence-corrected chi connectivity index (χ3v) is 6.54. The molecule has 2 aromatic carbocycles. The van der Waals surface area contributed by atoms with Gasteiger partial charge in [0.25, 0.3) is 11.8 Å². The minimum Gasteiger partial charge on any atom is -0.361 e. The fourth-order valence-corrected chi connectivity index (χ4v) is 5.37. The lowest BCUT2D eigenvalue weighted by atomic mass is 9.95. The number of aromatic nitrogens is 2. The number of para-hydroxylation sites is 2. The van der Waals surface area contributed by atoms with Crippen molar-refractivity contribution in [2.24, 2.45) is 0 Å². The number of thioether (sulfide) groups is 1. The van der Waals surface area contributed by atoms with Crippen molar-refractivity contribution in [1.82, 2.24) is 14.9 Å². The molecule has 0 atom stereocenters. The van der Waals surface area contributed by atoms with Crippen molar-refractivity contribution in [3.8, 4) is 0 Å². The molecule has 6 rings (SSSR count). The molecule has 0 saturated carbocycles. The molecule has 5 nitrogen and oxygen atoms in total. The molecule has 4 heterocycles. The average molecular weight is 385 g/mol. The highest BCUT2D eigenvalue weighted by Crippen LogP contribution is 2.41. The van der Waals surface area contributed by atoms with E-state index in [4.69, 9.17) is 0 Å². The van der Waals surface area contributed by atoms with Crippen LogP contribution in [0.1, 0.15) is 11.1 Å². The first kappa shape index (κ1) is 15.8. The smallest absolute Gasteiger partial charge is 0.259 e. The minimum atomic E-state index is -0.342. The number of fused-ring (bicyclic) bond motifs is 1. The van der Waals surface area contributed by atoms with E-state index >= 15 is 0 Å². The van der Waals surface area contributed by atoms with E-state index in [2.05, 4.69) is 20.9 Å². The number of rotatable bonds is 2. The Kier molecular flexibility index (Phi) is 3.17. The Bertz CT molecular complexity index is 1360. The van der Waals surface area contributed by atoms with Crippen LogP contribution >= 0.6 is 11.8 Å². The van der Waals surface area contributed by atoms with Crippen molar-refractivity contribution < 1.29 is 9.59 Å². The number of hydrogen-bond donors (Lipinski definition) is 2. The van der Waals surface area contributed by atoms with Gasteiger partial charge >= 0.3 is 0 Å². The lowest BCUT2D eigenvalue weighted by Crippen LogP contribution is -2.22. The van der Waals surface area contributed by atoms with Gasteiger partial charge < -0.3 is 9.55 Å². The zero-order valence-corrected chi connectivity index (χ0v) is 15.6. The summed E-state index contributed by atoms with van der Waals surface area (Å²) in [7, 11) is 0. The Balaban J connectivity index is 1.69. The number of carbonyl (C=O) groups excluding carboxylic acids is 2. The molecule has 2 N–H and O–H groups in total. The van der Waals surface area contributed by atoms with Gasteiger partial charge in [-0.2, -0.15) is 0 Å². The van der Waals surface area contributed by atoms with Gasteiger partial charge in [-0.15, -0.1) is 11.8 Å². The summed E-state index contributed by atoms with van der Waals surface area (Å²) in [5.74, 6) is 0.326. The van der Waals surface area contributed by atoms with Gasteiger partial charge in [0.1, 0.15) is 0 Å². The van der Waals surface area contributed by atoms with Crippen LogP contribution in [0.25, 0.3) is 33.0 Å². The molecule has 6 heteroatoms. The normalized spacial score (nSPS) is 16.4. The fourth-order valence-electron chi connectivity index (χ4n) is 4.32. The molecule has 4 aromatic rings. The summed E-state index contributed by atoms with van der Waals surface area (Å²) < 4.78 is 2.20. The van der Waals surface area contributed by atoms with E-state index in [-0.39, 0.29) is 11.8 Å². The Morgan fingerprint density at radius 2 is 1.68 bits per heavy atom. The molecule has 0 radical (unpaired) electrons. The van der Waals surface area contributed by atoms with Gasteiger partial charge in [0.2, 0.25) is 0 Å². The highest BCUT2D eigenvalue weighted by Gasteiger charge is 2.35. The first-order chi connectivity index (χ1) is 13.7. The molecule has 28 heavy (non-hydrogen) atoms. The maximum atomic E-state index is 12.9. The Hall–Kier alpha value is -3.25. The molecule has 0 fully saturated rings. The standard InChI is InChI=1S/C22H15N3O2S/c26-21-18(14-10-23-16-6-2-1-4-12(14)16)19(22(27)24-21)15-11-25-8-9-28-17-7-3-5-13(15)20(17)25/h1-7,10-11,23H,8-9H2,(H,24,26,27). The highest BCUT2D eigenvalue weighted by molar-refractivity contribution is 7.99. The van der Waals surface area contributed by atoms with Crippen LogP contribution in [-0.2, 0) is 16.1 Å². The van der Waals surface area contributed by atoms with E-state index in [1.54, 1.807) is 0 Å². The van der Waals surface area contributed by atoms with Gasteiger partial charge in [-0.1, -0.05) is 30.3 Å². The van der Waals surface area contributed by atoms with Crippen LogP contribution in [0.2, 0.25) is 0 Å². The number of benzene rings is 2. The van der Waals surface area contributed by atoms with Crippen LogP contribution in [0.5, 0.6) is 0 Å². The summed E-state index contributed by atoms with van der Waals surface area (Å²) in [5.41, 5.74) is 4.57. The van der Waals surface area contributed by atoms with Crippen LogP contribution < -0.4 is 5.32 Å². The summed E-state index contributed by atoms with van der Waals surface area (Å²) in [6.07, 6.45) is 3.84. The van der Waals surface area contributed by atoms with E-state index in [0.717, 1.165) is 45.2 Å². The Morgan fingerprint density at radius 3 is 2.57 bits per heavy atom. The van der Waals surface area contributed by atoms with E-state index in [0.29, 0.717) is 11.1 Å². The predicted octanol–water partition coefficient (Wildman–Crippen LogP) is 3.80. The van der Waals surface area contributed by atoms with Crippen molar-refractivity contribution in [2.45, 2.75) is 11.4 Å². The van der Waals surface area contributed by atoms with Crippen molar-refractivity contribution in [3.05, 3.63) is 66.0 Å². The molecular weight excluding hydrogens is 370 g/mol. The van der Waals surface area contributed by atoms with E-state index < -0.39 is 0 Å². The predicted molar refractivity (Wildman–Crippen MR) is 111 cm³/mol. The van der Waals surface area contributed by atoms with Gasteiger partial charge in [0.05, 0.1) is 16.7 Å². The van der Waals surface area contributed by atoms with Gasteiger partial charge in [0.15, 0.2) is 0 Å². The summed E-state index contributed by atoms with van der Waals surface area (Å²) in [6, 6.07) is 14.0. The molecule has 2 aliphatic rings. The largest absolute Gasteiger partial charge is 0.361 e. The molecule has 2 amide bonds. The molecule has 0 saturated heterocycles. The average Bonchev–Trinajstić information content (AvgIpc) is 3.37. The van der Waals surface area contributed by atoms with Gasteiger partial charge in [-0.25, -0.2) is 0 Å². The monoisotopic (exact) mass is 385 g/mol. The van der Waals surface area contributed by atoms with Crippen molar-refractivity contribution in [2.75, 3.05) is 5.75 Å². The lowest BCUT2D eigenvalue weighted by molar-refractivity contribution is -0.122. The Morgan fingerprint density at radius 1 is 0.893 bits per heavy atom. The lowest BCUT2D eigenvalue weighted by Gasteiger charge is -2.14. The molecule has 2 aliphatic heterocycles. The topological polar surface area (TPSA) is 66.9 Å². The number of H-pyrrole nitrogens is 1. The number of aryl methyl sites for hydroxylation is 1. The highest BCUT2D eigenvalue weighted by atomic mass is 32.2. The minimum absolute atomic E-state index is 0.332. The van der Waals surface area contributed by atoms with Gasteiger partial charge in [0, 0.05) is 57.0 Å². The summed E-state index contributed by atoms with van der Waals surface area (Å²) in [5, 5.41) is 4.46. The van der Waals surface area contributed by atoms with Gasteiger partial charge in [-0.05, 0) is 12.1 Å². The maximum absolute atomic E-state index is 12.9. The van der Waals surface area contributed by atoms with Crippen LogP contribution in [0.3, 0.4) is 0 Å². The van der Waals surface area contributed by atoms with Crippen LogP contribution in [0, 0.1) is 0 Å². The SMILES string of the molecule is O=C1NC(=O)C(c2cn3c4c(cccc24)SCC3)=C1c1c[nH]c2ccccc12. The van der Waals surface area contributed by atoms with E-state index in [1.807, 2.05) is 60.6 Å². The molecule has 136 valence electrons. The molecule has 2 aromatic heterocycles. The molecule has 0 spiro atoms. The third-order valence-electron chi connectivity index (χ3n) is 5.51. The number of hydrogen-bond acceptors (Lipinski definition) is 3. The van der Waals surface area contributed by atoms with E-state index in [9.17, 15) is 9.59 Å². The number of carbonyl (C=O) groups is 2. The second kappa shape index (κ2) is 5.62. The van der Waals surface area contributed by atoms with Crippen LogP contribution in [0.4, 0.5) is 0 Å². The first-order valence-electron chi connectivity index (χ1n) is 9.14. The number of nitrogens with one attached hydrogen (secondary N) is 2. The van der Waals surface area contributed by atoms with Crippen molar-refractivity contribution >= 4 is 56.5 Å². The summed E-state index contributed by atoms with van der Waals surface area (Å²) >= 11 is 1.83. The van der Waals surface area contributed by atoms with Crippen molar-refractivity contribution in [1.29, 1.82) is 0 Å². The molecule has 0 aliphatic carbocycles. The van der Waals surface area contributed by atoms with Crippen LogP contribution in [0.15, 0.2) is 59.8 Å². The number of amides is 2. The quantitative estimate of drug-likeness (QED) is 0.516. The van der Waals surface area contributed by atoms with Crippen LogP contribution in [-0.4, -0.2) is 27.1 Å². The third kappa shape index (κ3) is 2.03. The van der Waals surface area contributed by atoms with Crippen molar-refractivity contribution in [3.63, 3.8) is 0 Å². The zero-order valence-electron chi connectivity index (χ0n) is 14.8. The number of aromatic amines is 1. The fraction of sp³-hybridized carbons (Fsp3) is 0.0909. The van der Waals surface area contributed by atoms with E-state index in [1.165, 1.54) is 4.90 Å². The maximum Gasteiger partial charge on any atom is 0.259 e. The van der Waals surface area contributed by atoms with Gasteiger partial charge in [-0.3, -0.25) is 14.9 Å². The summed E-state index contributed by atoms with van der Waals surface area (Å²) in [4.78, 5) is 30.1. The summed E-state index contributed by atoms with van der Waals surface area (Å²) in [6.45, 7) is 0.892. The molecule has 0 unspecified atom stereocenters. The first-order valence-corrected chi connectivity index (χ1v) is 10.1. The number of imide groups is 1.